The van der Waals surface area contributed by atoms with E-state index in [0.29, 0.717) is 12.6 Å². The van der Waals surface area contributed by atoms with Crippen molar-refractivity contribution in [3.8, 4) is 0 Å². The van der Waals surface area contributed by atoms with Crippen molar-refractivity contribution in [1.82, 2.24) is 15.5 Å². The van der Waals surface area contributed by atoms with Crippen LogP contribution in [0.1, 0.15) is 20.3 Å². The third kappa shape index (κ3) is 7.86. The van der Waals surface area contributed by atoms with Crippen molar-refractivity contribution in [3.63, 3.8) is 0 Å². The lowest BCUT2D eigenvalue weighted by molar-refractivity contribution is -0.146. The van der Waals surface area contributed by atoms with E-state index in [4.69, 9.17) is 10.2 Å². The van der Waals surface area contributed by atoms with Crippen molar-refractivity contribution in [2.75, 3.05) is 26.7 Å². The lowest BCUT2D eigenvalue weighted by atomic mass is 10.2. The molecule has 7 nitrogen and oxygen atoms in total. The van der Waals surface area contributed by atoms with Crippen LogP contribution in [0.15, 0.2) is 0 Å². The van der Waals surface area contributed by atoms with Crippen molar-refractivity contribution in [2.45, 2.75) is 32.4 Å². The Balaban J connectivity index is 3.58. The zero-order chi connectivity index (χ0) is 14.1. The number of rotatable bonds is 8. The summed E-state index contributed by atoms with van der Waals surface area (Å²) in [6.07, 6.45) is -1.44. The second kappa shape index (κ2) is 8.71. The van der Waals surface area contributed by atoms with Crippen molar-refractivity contribution >= 4 is 12.0 Å². The predicted molar refractivity (Wildman–Crippen MR) is 67.4 cm³/mol. The first-order valence-corrected chi connectivity index (χ1v) is 5.97. The van der Waals surface area contributed by atoms with E-state index in [1.54, 1.807) is 0 Å². The van der Waals surface area contributed by atoms with E-state index in [-0.39, 0.29) is 19.0 Å². The smallest absolute Gasteiger partial charge is 0.332 e. The summed E-state index contributed by atoms with van der Waals surface area (Å²) < 4.78 is 0. The first-order valence-electron chi connectivity index (χ1n) is 5.97. The summed E-state index contributed by atoms with van der Waals surface area (Å²) >= 11 is 0. The van der Waals surface area contributed by atoms with Crippen LogP contribution >= 0.6 is 0 Å². The summed E-state index contributed by atoms with van der Waals surface area (Å²) in [4.78, 5) is 23.7. The summed E-state index contributed by atoms with van der Waals surface area (Å²) in [5.74, 6) is -1.28. The lowest BCUT2D eigenvalue weighted by Gasteiger charge is -2.20. The third-order valence-corrected chi connectivity index (χ3v) is 2.62. The van der Waals surface area contributed by atoms with Gasteiger partial charge in [0, 0.05) is 32.1 Å². The monoisotopic (exact) mass is 261 g/mol. The van der Waals surface area contributed by atoms with Crippen LogP contribution in [0.25, 0.3) is 0 Å². The molecule has 0 unspecified atom stereocenters. The fourth-order valence-electron chi connectivity index (χ4n) is 1.11. The van der Waals surface area contributed by atoms with Crippen LogP contribution in [-0.2, 0) is 4.79 Å². The maximum atomic E-state index is 11.3. The maximum absolute atomic E-state index is 11.3. The number of amides is 2. The second-order valence-electron chi connectivity index (χ2n) is 4.40. The number of urea groups is 1. The second-order valence-corrected chi connectivity index (χ2v) is 4.40. The van der Waals surface area contributed by atoms with Gasteiger partial charge in [-0.1, -0.05) is 0 Å². The predicted octanol–water partition coefficient (Wildman–Crippen LogP) is -0.539. The Morgan fingerprint density at radius 3 is 2.28 bits per heavy atom. The molecule has 0 rings (SSSR count). The minimum absolute atomic E-state index is 0.00531. The molecule has 0 aliphatic rings. The number of nitrogens with one attached hydrogen (secondary N) is 2. The van der Waals surface area contributed by atoms with Gasteiger partial charge in [-0.05, 0) is 20.9 Å². The molecule has 7 heteroatoms. The molecular formula is C11H23N3O4. The molecule has 0 fully saturated rings. The van der Waals surface area contributed by atoms with Crippen LogP contribution in [-0.4, -0.2) is 65.9 Å². The first-order chi connectivity index (χ1) is 8.34. The van der Waals surface area contributed by atoms with Gasteiger partial charge in [0.1, 0.15) is 0 Å². The van der Waals surface area contributed by atoms with Gasteiger partial charge in [-0.3, -0.25) is 0 Å². The van der Waals surface area contributed by atoms with Gasteiger partial charge < -0.3 is 25.7 Å². The number of carboxylic acids is 1. The molecule has 0 aliphatic heterocycles. The maximum Gasteiger partial charge on any atom is 0.332 e. The highest BCUT2D eigenvalue weighted by Crippen LogP contribution is 1.91. The minimum atomic E-state index is -1.43. The number of nitrogens with zero attached hydrogens (tertiary/aromatic N) is 1. The summed E-state index contributed by atoms with van der Waals surface area (Å²) in [6, 6.07) is 0.0605. The average molecular weight is 261 g/mol. The Kier molecular flexibility index (Phi) is 8.06. The number of aliphatic hydroxyl groups excluding tert-OH is 1. The number of carbonyl (C=O) groups excluding carboxylic acids is 1. The van der Waals surface area contributed by atoms with Crippen LogP contribution in [0.2, 0.25) is 0 Å². The zero-order valence-corrected chi connectivity index (χ0v) is 11.1. The fourth-order valence-corrected chi connectivity index (χ4v) is 1.11. The van der Waals surface area contributed by atoms with Crippen molar-refractivity contribution in [1.29, 1.82) is 0 Å². The van der Waals surface area contributed by atoms with Gasteiger partial charge in [0.25, 0.3) is 0 Å². The standard InChI is InChI=1S/C11H23N3O4/c1-8(2)14(3)7-6-13-11(18)12-5-4-9(15)10(16)17/h8-9,15H,4-7H2,1-3H3,(H,16,17)(H2,12,13,18)/t9-/m0/s1. The van der Waals surface area contributed by atoms with E-state index in [1.807, 2.05) is 7.05 Å². The molecule has 0 aromatic rings. The van der Waals surface area contributed by atoms with Gasteiger partial charge in [0.2, 0.25) is 0 Å². The molecule has 4 N–H and O–H groups in total. The topological polar surface area (TPSA) is 102 Å². The Morgan fingerprint density at radius 1 is 1.22 bits per heavy atom. The average Bonchev–Trinajstić information content (AvgIpc) is 2.28. The van der Waals surface area contributed by atoms with Crippen LogP contribution in [0.5, 0.6) is 0 Å². The first kappa shape index (κ1) is 16.7. The van der Waals surface area contributed by atoms with E-state index in [9.17, 15) is 9.59 Å². The van der Waals surface area contributed by atoms with Crippen LogP contribution in [0, 0.1) is 0 Å². The van der Waals surface area contributed by atoms with Gasteiger partial charge in [0.15, 0.2) is 6.10 Å². The molecule has 106 valence electrons. The number of carbonyl (C=O) groups is 2. The molecule has 0 saturated carbocycles. The normalized spacial score (nSPS) is 12.6. The SMILES string of the molecule is CC(C)N(C)CCNC(=O)NCC[C@H](O)C(=O)O. The zero-order valence-electron chi connectivity index (χ0n) is 11.1. The van der Waals surface area contributed by atoms with Crippen LogP contribution in [0.4, 0.5) is 4.79 Å². The van der Waals surface area contributed by atoms with Crippen molar-refractivity contribution in [2.24, 2.45) is 0 Å². The largest absolute Gasteiger partial charge is 0.479 e. The minimum Gasteiger partial charge on any atom is -0.479 e. The number of hydrogen-bond donors (Lipinski definition) is 4. The molecule has 0 aromatic carbocycles. The fraction of sp³-hybridized carbons (Fsp3) is 0.818. The lowest BCUT2D eigenvalue weighted by Crippen LogP contribution is -2.41. The number of hydrogen-bond acceptors (Lipinski definition) is 4. The highest BCUT2D eigenvalue weighted by Gasteiger charge is 2.12. The number of carboxylic acid groups (broad SMARTS) is 1. The van der Waals surface area contributed by atoms with E-state index >= 15 is 0 Å². The summed E-state index contributed by atoms with van der Waals surface area (Å²) in [6.45, 7) is 5.50. The van der Waals surface area contributed by atoms with Crippen molar-refractivity contribution < 1.29 is 19.8 Å². The van der Waals surface area contributed by atoms with Crippen molar-refractivity contribution in [3.05, 3.63) is 0 Å². The molecule has 2 amide bonds. The molecule has 0 aromatic heterocycles. The quantitative estimate of drug-likeness (QED) is 0.470. The van der Waals surface area contributed by atoms with Gasteiger partial charge in [-0.15, -0.1) is 0 Å². The molecule has 18 heavy (non-hydrogen) atoms. The Labute approximate surface area is 107 Å². The molecule has 0 aliphatic carbocycles. The summed E-state index contributed by atoms with van der Waals surface area (Å²) in [5, 5.41) is 22.5. The highest BCUT2D eigenvalue weighted by molar-refractivity contribution is 5.74. The Morgan fingerprint density at radius 2 is 1.78 bits per heavy atom. The van der Waals surface area contributed by atoms with E-state index in [0.717, 1.165) is 6.54 Å². The van der Waals surface area contributed by atoms with Gasteiger partial charge in [-0.25, -0.2) is 9.59 Å². The molecule has 0 spiro atoms. The molecule has 0 heterocycles. The van der Waals surface area contributed by atoms with Crippen LogP contribution in [0.3, 0.4) is 0 Å². The van der Waals surface area contributed by atoms with E-state index < -0.39 is 12.1 Å². The third-order valence-electron chi connectivity index (χ3n) is 2.62. The molecule has 0 bridgehead atoms. The Hall–Kier alpha value is -1.34. The number of aliphatic hydroxyl groups is 1. The van der Waals surface area contributed by atoms with Crippen LogP contribution < -0.4 is 10.6 Å². The van der Waals surface area contributed by atoms with E-state index in [1.165, 1.54) is 0 Å². The van der Waals surface area contributed by atoms with Gasteiger partial charge in [-0.2, -0.15) is 0 Å². The molecule has 0 saturated heterocycles. The molecule has 1 atom stereocenters. The molecular weight excluding hydrogens is 238 g/mol. The summed E-state index contributed by atoms with van der Waals surface area (Å²) in [5.41, 5.74) is 0. The highest BCUT2D eigenvalue weighted by atomic mass is 16.4. The van der Waals surface area contributed by atoms with Gasteiger partial charge in [0.05, 0.1) is 0 Å². The Bertz CT molecular complexity index is 271. The van der Waals surface area contributed by atoms with E-state index in [2.05, 4.69) is 29.4 Å². The summed E-state index contributed by atoms with van der Waals surface area (Å²) in [7, 11) is 1.97. The number of likely N-dealkylation sites (N-methyl/N-ethyl adjacent to an activating group) is 1. The number of aliphatic carboxylic acids is 1. The van der Waals surface area contributed by atoms with Gasteiger partial charge >= 0.3 is 12.0 Å². The molecule has 0 radical (unpaired) electrons.